The van der Waals surface area contributed by atoms with E-state index >= 15 is 0 Å². The highest BCUT2D eigenvalue weighted by atomic mass is 32.2. The van der Waals surface area contributed by atoms with E-state index in [0.717, 1.165) is 42.7 Å². The average molecular weight is 978 g/mol. The summed E-state index contributed by atoms with van der Waals surface area (Å²) < 4.78 is 31.4. The van der Waals surface area contributed by atoms with Gasteiger partial charge >= 0.3 is 29.9 Å². The number of anilines is 1. The number of carbonyl (C=O) groups is 6. The number of ether oxygens (including phenoxy) is 6. The van der Waals surface area contributed by atoms with Crippen LogP contribution in [0.2, 0.25) is 0 Å². The number of benzene rings is 1. The van der Waals surface area contributed by atoms with E-state index in [1.165, 1.54) is 28.4 Å². The molecule has 68 heavy (non-hydrogen) atoms. The van der Waals surface area contributed by atoms with Crippen molar-refractivity contribution >= 4 is 53.3 Å². The number of nitrogens with one attached hydrogen (secondary N) is 5. The summed E-state index contributed by atoms with van der Waals surface area (Å²) in [5.74, 6) is -0.0277. The van der Waals surface area contributed by atoms with Crippen molar-refractivity contribution in [2.45, 2.75) is 61.9 Å². The molecule has 1 aromatic rings. The lowest BCUT2D eigenvalue weighted by atomic mass is 10.0. The average Bonchev–Trinajstić information content (AvgIpc) is 3.89. The molecule has 0 aromatic heterocycles. The first kappa shape index (κ1) is 55.9. The fraction of sp³-hybridized carbons (Fsp3) is 0.696. The zero-order valence-corrected chi connectivity index (χ0v) is 41.2. The van der Waals surface area contributed by atoms with Crippen molar-refractivity contribution in [3.8, 4) is 0 Å². The van der Waals surface area contributed by atoms with Crippen LogP contribution < -0.4 is 26.6 Å². The van der Waals surface area contributed by atoms with Crippen molar-refractivity contribution < 1.29 is 57.2 Å². The highest BCUT2D eigenvalue weighted by Crippen LogP contribution is 2.33. The molecule has 5 N–H and O–H groups in total. The van der Waals surface area contributed by atoms with Crippen LogP contribution in [-0.4, -0.2) is 224 Å². The summed E-state index contributed by atoms with van der Waals surface area (Å²) in [4.78, 5) is 81.9. The predicted octanol–water partition coefficient (Wildman–Crippen LogP) is 0.249. The molecule has 4 rings (SSSR count). The molecular formula is C46H75N9O12S. The lowest BCUT2D eigenvalue weighted by molar-refractivity contribution is -0.145. The van der Waals surface area contributed by atoms with Crippen LogP contribution in [0.1, 0.15) is 37.7 Å². The zero-order chi connectivity index (χ0) is 49.1. The molecule has 3 fully saturated rings. The number of urea groups is 1. The number of thioether (sulfide) groups is 1. The van der Waals surface area contributed by atoms with Gasteiger partial charge in [0.2, 0.25) is 5.91 Å². The number of hydrogen-bond acceptors (Lipinski definition) is 19. The van der Waals surface area contributed by atoms with Gasteiger partial charge in [-0.2, -0.15) is 11.8 Å². The summed E-state index contributed by atoms with van der Waals surface area (Å²) in [7, 11) is 5.36. The van der Waals surface area contributed by atoms with Gasteiger partial charge in [-0.05, 0) is 43.4 Å². The maximum Gasteiger partial charge on any atom is 0.319 e. The number of methoxy groups -OCH3 is 4. The summed E-state index contributed by atoms with van der Waals surface area (Å²) in [6.07, 6.45) is 4.51. The Balaban J connectivity index is 1.18. The van der Waals surface area contributed by atoms with E-state index in [4.69, 9.17) is 28.4 Å². The maximum absolute atomic E-state index is 12.8. The molecule has 0 radical (unpaired) electrons. The van der Waals surface area contributed by atoms with Gasteiger partial charge in [0.05, 0.1) is 92.3 Å². The van der Waals surface area contributed by atoms with E-state index in [1.54, 1.807) is 0 Å². The van der Waals surface area contributed by atoms with Crippen molar-refractivity contribution in [1.29, 1.82) is 0 Å². The van der Waals surface area contributed by atoms with Crippen molar-refractivity contribution in [3.63, 3.8) is 0 Å². The van der Waals surface area contributed by atoms with Crippen LogP contribution in [0.3, 0.4) is 0 Å². The minimum atomic E-state index is -0.415. The first-order valence-corrected chi connectivity index (χ1v) is 24.5. The third kappa shape index (κ3) is 21.3. The van der Waals surface area contributed by atoms with Gasteiger partial charge in [-0.3, -0.25) is 43.6 Å². The van der Waals surface area contributed by atoms with E-state index in [1.807, 2.05) is 55.6 Å². The molecule has 3 amide bonds. The Labute approximate surface area is 405 Å². The molecule has 3 heterocycles. The summed E-state index contributed by atoms with van der Waals surface area (Å²) in [5.41, 5.74) is 1.82. The van der Waals surface area contributed by atoms with E-state index in [9.17, 15) is 28.8 Å². The minimum Gasteiger partial charge on any atom is -0.468 e. The van der Waals surface area contributed by atoms with Gasteiger partial charge in [-0.1, -0.05) is 25.1 Å². The van der Waals surface area contributed by atoms with Crippen LogP contribution in [0, 0.1) is 0 Å². The fourth-order valence-electron chi connectivity index (χ4n) is 8.16. The second-order valence-electron chi connectivity index (χ2n) is 16.9. The Morgan fingerprint density at radius 3 is 1.93 bits per heavy atom. The number of esters is 4. The highest BCUT2D eigenvalue weighted by Gasteiger charge is 2.42. The molecule has 1 aromatic carbocycles. The lowest BCUT2D eigenvalue weighted by Crippen LogP contribution is -2.53. The topological polar surface area (TPSA) is 231 Å². The van der Waals surface area contributed by atoms with Crippen molar-refractivity contribution in [3.05, 3.63) is 42.2 Å². The largest absolute Gasteiger partial charge is 0.468 e. The van der Waals surface area contributed by atoms with E-state index in [-0.39, 0.29) is 56.2 Å². The molecule has 0 saturated carbocycles. The van der Waals surface area contributed by atoms with Gasteiger partial charge < -0.3 is 55.0 Å². The third-order valence-electron chi connectivity index (χ3n) is 12.0. The van der Waals surface area contributed by atoms with E-state index < -0.39 is 23.9 Å². The SMILES string of the molecule is C=C(NCCCOCCOCCNC(=O)CCCCC1SCC2NC(=O)NC21)Nc1ccc(CC2CN(CC(=O)OC)CCN(CC(=O)OC)CCN(CC(=O)OC)CCN2CC(=O)OC)cc1. The summed E-state index contributed by atoms with van der Waals surface area (Å²) in [5, 5.41) is 15.8. The van der Waals surface area contributed by atoms with Gasteiger partial charge in [-0.15, -0.1) is 0 Å². The number of fused-ring (bicyclic) bond motifs is 1. The number of hydrogen-bond donors (Lipinski definition) is 5. The Hall–Kier alpha value is -4.71. The Morgan fingerprint density at radius 2 is 1.28 bits per heavy atom. The van der Waals surface area contributed by atoms with Crippen LogP contribution >= 0.6 is 11.8 Å². The summed E-state index contributed by atoms with van der Waals surface area (Å²) in [6, 6.07) is 7.98. The van der Waals surface area contributed by atoms with Gasteiger partial charge in [0.25, 0.3) is 0 Å². The molecule has 22 heteroatoms. The molecule has 3 aliphatic rings. The molecule has 4 atom stereocenters. The van der Waals surface area contributed by atoms with Crippen LogP contribution in [-0.2, 0) is 58.8 Å². The van der Waals surface area contributed by atoms with Crippen LogP contribution in [0.4, 0.5) is 10.5 Å². The smallest absolute Gasteiger partial charge is 0.319 e. The molecule has 3 aliphatic heterocycles. The molecule has 21 nitrogen and oxygen atoms in total. The standard InChI is InChI=1S/C46H75N9O12S/c1-34(47-15-8-23-66-25-26-67-24-16-48-40(56)10-7-6-9-39-45-38(33-68-39)50-46(61)51-45)49-36-13-11-35(12-14-36)27-37-28-54(31-43(59)64-4)20-19-52(29-41(57)62-2)17-18-53(30-42(58)63-3)21-22-55(37)32-44(60)65-5/h11-14,37-39,45,47,49H,1,6-10,15-33H2,2-5H3,(H,48,56)(H2,50,51,61). The first-order chi connectivity index (χ1) is 32.9. The quantitative estimate of drug-likeness (QED) is 0.0328. The van der Waals surface area contributed by atoms with Gasteiger partial charge in [0.15, 0.2) is 0 Å². The number of rotatable bonds is 28. The van der Waals surface area contributed by atoms with Crippen LogP contribution in [0.5, 0.6) is 0 Å². The van der Waals surface area contributed by atoms with Crippen molar-refractivity contribution in [2.75, 3.05) is 151 Å². The molecule has 0 spiro atoms. The highest BCUT2D eigenvalue weighted by molar-refractivity contribution is 8.00. The van der Waals surface area contributed by atoms with E-state index in [0.29, 0.717) is 109 Å². The third-order valence-corrected chi connectivity index (χ3v) is 13.5. The summed E-state index contributed by atoms with van der Waals surface area (Å²) in [6.45, 7) is 10.0. The number of nitrogens with zero attached hydrogens (tertiary/aromatic N) is 4. The van der Waals surface area contributed by atoms with Crippen molar-refractivity contribution in [1.82, 2.24) is 40.9 Å². The van der Waals surface area contributed by atoms with Crippen molar-refractivity contribution in [2.24, 2.45) is 0 Å². The van der Waals surface area contributed by atoms with Gasteiger partial charge in [0.1, 0.15) is 0 Å². The van der Waals surface area contributed by atoms with Gasteiger partial charge in [-0.25, -0.2) is 4.79 Å². The van der Waals surface area contributed by atoms with Gasteiger partial charge in [0, 0.05) is 94.7 Å². The predicted molar refractivity (Wildman–Crippen MR) is 257 cm³/mol. The zero-order valence-electron chi connectivity index (χ0n) is 40.4. The molecule has 3 saturated heterocycles. The normalized spacial score (nSPS) is 20.7. The monoisotopic (exact) mass is 978 g/mol. The molecule has 4 unspecified atom stereocenters. The first-order valence-electron chi connectivity index (χ1n) is 23.5. The van der Waals surface area contributed by atoms with Crippen LogP contribution in [0.15, 0.2) is 36.7 Å². The second kappa shape index (κ2) is 31.4. The molecule has 0 aliphatic carbocycles. The lowest BCUT2D eigenvalue weighted by Gasteiger charge is -2.38. The molecule has 0 bridgehead atoms. The number of unbranched alkanes of at least 4 members (excludes halogenated alkanes) is 1. The second-order valence-corrected chi connectivity index (χ2v) is 18.2. The Kier molecular flexibility index (Phi) is 25.8. The Bertz CT molecular complexity index is 1750. The molecule has 382 valence electrons. The Morgan fingerprint density at radius 1 is 0.691 bits per heavy atom. The van der Waals surface area contributed by atoms with Crippen LogP contribution in [0.25, 0.3) is 0 Å². The molecular weight excluding hydrogens is 903 g/mol. The number of carbonyl (C=O) groups excluding carboxylic acids is 6. The van der Waals surface area contributed by atoms with E-state index in [2.05, 4.69) is 33.2 Å². The maximum atomic E-state index is 12.8. The fourth-order valence-corrected chi connectivity index (χ4v) is 9.70. The number of amides is 3. The minimum absolute atomic E-state index is 0.00647. The summed E-state index contributed by atoms with van der Waals surface area (Å²) >= 11 is 1.89.